The number of carbonyl (C=O) groups excluding carboxylic acids is 1. The number of ether oxygens (including phenoxy) is 1. The zero-order valence-corrected chi connectivity index (χ0v) is 7.23. The van der Waals surface area contributed by atoms with Gasteiger partial charge in [0.25, 0.3) is 0 Å². The Kier molecular flexibility index (Phi) is 2.18. The van der Waals surface area contributed by atoms with Crippen molar-refractivity contribution in [3.63, 3.8) is 0 Å². The maximum atomic E-state index is 10.9. The molecule has 0 aromatic heterocycles. The molecular weight excluding hydrogens is 160 g/mol. The maximum Gasteiger partial charge on any atom is 0.134 e. The molecule has 1 atom stereocenters. The summed E-state index contributed by atoms with van der Waals surface area (Å²) in [5.41, 5.74) is 0. The molecule has 3 heteroatoms. The highest BCUT2D eigenvalue weighted by Crippen LogP contribution is 2.32. The number of ketones is 1. The summed E-state index contributed by atoms with van der Waals surface area (Å²) in [6.07, 6.45) is 2.71. The molecule has 1 aliphatic carbocycles. The van der Waals surface area contributed by atoms with Gasteiger partial charge in [-0.25, -0.2) is 0 Å². The predicted octanol–water partition coefficient (Wildman–Crippen LogP) is 1.24. The van der Waals surface area contributed by atoms with Crippen LogP contribution in [0.5, 0.6) is 0 Å². The van der Waals surface area contributed by atoms with Crippen molar-refractivity contribution in [2.45, 2.75) is 29.8 Å². The molecule has 62 valence electrons. The fourth-order valence-electron chi connectivity index (χ4n) is 1.46. The highest BCUT2D eigenvalue weighted by Gasteiger charge is 2.28. The lowest BCUT2D eigenvalue weighted by Crippen LogP contribution is -2.31. The molecule has 1 saturated carbocycles. The van der Waals surface area contributed by atoms with Gasteiger partial charge in [0, 0.05) is 18.1 Å². The van der Waals surface area contributed by atoms with Gasteiger partial charge in [0.05, 0.1) is 18.5 Å². The Balaban J connectivity index is 1.73. The summed E-state index contributed by atoms with van der Waals surface area (Å²) in [5, 5.41) is 1.29. The molecule has 1 heterocycles. The normalized spacial score (nSPS) is 32.4. The zero-order valence-electron chi connectivity index (χ0n) is 6.41. The SMILES string of the molecule is O=C1CCC(SC2COC2)C1. The molecule has 11 heavy (non-hydrogen) atoms. The van der Waals surface area contributed by atoms with E-state index in [9.17, 15) is 4.79 Å². The molecule has 0 amide bonds. The van der Waals surface area contributed by atoms with Crippen molar-refractivity contribution < 1.29 is 9.53 Å². The number of thioether (sulfide) groups is 1. The van der Waals surface area contributed by atoms with E-state index in [4.69, 9.17) is 4.74 Å². The third-order valence-corrected chi connectivity index (χ3v) is 3.64. The lowest BCUT2D eigenvalue weighted by molar-refractivity contribution is -0.117. The van der Waals surface area contributed by atoms with Gasteiger partial charge in [-0.05, 0) is 6.42 Å². The van der Waals surface area contributed by atoms with E-state index in [0.29, 0.717) is 16.3 Å². The molecule has 2 aliphatic rings. The van der Waals surface area contributed by atoms with Crippen molar-refractivity contribution in [2.24, 2.45) is 0 Å². The van der Waals surface area contributed by atoms with Gasteiger partial charge < -0.3 is 4.74 Å². The average molecular weight is 172 g/mol. The minimum absolute atomic E-state index is 0.447. The fourth-order valence-corrected chi connectivity index (χ4v) is 2.89. The van der Waals surface area contributed by atoms with Crippen molar-refractivity contribution in [3.05, 3.63) is 0 Å². The highest BCUT2D eigenvalue weighted by atomic mass is 32.2. The Morgan fingerprint density at radius 2 is 2.18 bits per heavy atom. The van der Waals surface area contributed by atoms with Crippen molar-refractivity contribution in [3.8, 4) is 0 Å². The van der Waals surface area contributed by atoms with Crippen LogP contribution in [0, 0.1) is 0 Å². The summed E-state index contributed by atoms with van der Waals surface area (Å²) in [6.45, 7) is 1.80. The van der Waals surface area contributed by atoms with E-state index in [1.807, 2.05) is 11.8 Å². The van der Waals surface area contributed by atoms with Crippen molar-refractivity contribution >= 4 is 17.5 Å². The zero-order chi connectivity index (χ0) is 7.68. The van der Waals surface area contributed by atoms with Gasteiger partial charge in [-0.1, -0.05) is 0 Å². The topological polar surface area (TPSA) is 26.3 Å². The smallest absolute Gasteiger partial charge is 0.134 e. The van der Waals surface area contributed by atoms with Gasteiger partial charge >= 0.3 is 0 Å². The third-order valence-electron chi connectivity index (χ3n) is 2.19. The van der Waals surface area contributed by atoms with Gasteiger partial charge in [-0.3, -0.25) is 4.79 Å². The summed E-state index contributed by atoms with van der Waals surface area (Å²) < 4.78 is 5.07. The first-order valence-corrected chi connectivity index (χ1v) is 5.04. The second kappa shape index (κ2) is 3.15. The van der Waals surface area contributed by atoms with Crippen LogP contribution in [-0.4, -0.2) is 29.5 Å². The summed E-state index contributed by atoms with van der Waals surface area (Å²) in [6, 6.07) is 0. The van der Waals surface area contributed by atoms with E-state index < -0.39 is 0 Å². The van der Waals surface area contributed by atoms with Gasteiger partial charge in [0.2, 0.25) is 0 Å². The molecule has 1 aliphatic heterocycles. The minimum Gasteiger partial charge on any atom is -0.379 e. The van der Waals surface area contributed by atoms with Crippen LogP contribution >= 0.6 is 11.8 Å². The molecule has 2 rings (SSSR count). The van der Waals surface area contributed by atoms with Crippen LogP contribution in [0.3, 0.4) is 0 Å². The lowest BCUT2D eigenvalue weighted by Gasteiger charge is -2.27. The van der Waals surface area contributed by atoms with E-state index in [0.717, 1.165) is 32.5 Å². The quantitative estimate of drug-likeness (QED) is 0.627. The van der Waals surface area contributed by atoms with Crippen LogP contribution < -0.4 is 0 Å². The Bertz CT molecular complexity index is 165. The maximum absolute atomic E-state index is 10.9. The largest absolute Gasteiger partial charge is 0.379 e. The van der Waals surface area contributed by atoms with Gasteiger partial charge in [0.1, 0.15) is 5.78 Å². The molecule has 0 radical (unpaired) electrons. The molecule has 0 aromatic rings. The van der Waals surface area contributed by atoms with Crippen molar-refractivity contribution in [2.75, 3.05) is 13.2 Å². The van der Waals surface area contributed by atoms with E-state index in [2.05, 4.69) is 0 Å². The Hall–Kier alpha value is -0.0200. The molecule has 1 unspecified atom stereocenters. The van der Waals surface area contributed by atoms with Crippen LogP contribution in [0.2, 0.25) is 0 Å². The lowest BCUT2D eigenvalue weighted by atomic mass is 10.4. The van der Waals surface area contributed by atoms with Crippen LogP contribution in [0.15, 0.2) is 0 Å². The van der Waals surface area contributed by atoms with Crippen LogP contribution in [0.1, 0.15) is 19.3 Å². The Morgan fingerprint density at radius 1 is 1.36 bits per heavy atom. The number of rotatable bonds is 2. The van der Waals surface area contributed by atoms with E-state index in [1.165, 1.54) is 0 Å². The Labute approximate surface area is 70.7 Å². The molecule has 1 saturated heterocycles. The second-order valence-electron chi connectivity index (χ2n) is 3.20. The Morgan fingerprint density at radius 3 is 2.64 bits per heavy atom. The summed E-state index contributed by atoms with van der Waals surface area (Å²) in [5.74, 6) is 0.447. The van der Waals surface area contributed by atoms with Crippen molar-refractivity contribution in [1.29, 1.82) is 0 Å². The second-order valence-corrected chi connectivity index (χ2v) is 4.80. The molecule has 2 nitrogen and oxygen atoms in total. The first-order valence-electron chi connectivity index (χ1n) is 4.09. The fraction of sp³-hybridized carbons (Fsp3) is 0.875. The number of hydrogen-bond acceptors (Lipinski definition) is 3. The van der Waals surface area contributed by atoms with Gasteiger partial charge in [-0.2, -0.15) is 0 Å². The number of Topliss-reactive ketones (excluding diaryl/α,β-unsaturated/α-hetero) is 1. The molecule has 0 spiro atoms. The molecule has 0 bridgehead atoms. The third kappa shape index (κ3) is 1.76. The minimum atomic E-state index is 0.447. The molecule has 0 aromatic carbocycles. The number of hydrogen-bond donors (Lipinski definition) is 0. The predicted molar refractivity (Wildman–Crippen MR) is 44.8 cm³/mol. The average Bonchev–Trinajstić information content (AvgIpc) is 2.27. The summed E-state index contributed by atoms with van der Waals surface area (Å²) in [7, 11) is 0. The number of carbonyl (C=O) groups is 1. The summed E-state index contributed by atoms with van der Waals surface area (Å²) in [4.78, 5) is 10.9. The monoisotopic (exact) mass is 172 g/mol. The van der Waals surface area contributed by atoms with E-state index in [1.54, 1.807) is 0 Å². The van der Waals surface area contributed by atoms with E-state index in [-0.39, 0.29) is 0 Å². The first-order chi connectivity index (χ1) is 5.34. The molecule has 2 fully saturated rings. The molecular formula is C8H12O2S. The summed E-state index contributed by atoms with van der Waals surface area (Å²) >= 11 is 1.95. The first kappa shape index (κ1) is 7.62. The van der Waals surface area contributed by atoms with Crippen LogP contribution in [-0.2, 0) is 9.53 Å². The van der Waals surface area contributed by atoms with Crippen LogP contribution in [0.4, 0.5) is 0 Å². The van der Waals surface area contributed by atoms with Gasteiger partial charge in [-0.15, -0.1) is 11.8 Å². The standard InChI is InChI=1S/C8H12O2S/c9-6-1-2-7(3-6)11-8-4-10-5-8/h7-8H,1-5H2. The highest BCUT2D eigenvalue weighted by molar-refractivity contribution is 8.00. The van der Waals surface area contributed by atoms with Crippen molar-refractivity contribution in [1.82, 2.24) is 0 Å². The van der Waals surface area contributed by atoms with Crippen LogP contribution in [0.25, 0.3) is 0 Å². The molecule has 0 N–H and O–H groups in total. The van der Waals surface area contributed by atoms with Gasteiger partial charge in [0.15, 0.2) is 0 Å². The van der Waals surface area contributed by atoms with E-state index >= 15 is 0 Å².